The zero-order chi connectivity index (χ0) is 23.3. The molecule has 1 amide bonds. The molecule has 0 fully saturated rings. The maximum Gasteiger partial charge on any atom is 0.416 e. The molecule has 1 aliphatic heterocycles. The van der Waals surface area contributed by atoms with Crippen LogP contribution in [0, 0.1) is 5.92 Å². The number of carboxylic acids is 1. The van der Waals surface area contributed by atoms with Crippen LogP contribution in [0.4, 0.5) is 13.2 Å². The van der Waals surface area contributed by atoms with Crippen molar-refractivity contribution in [2.75, 3.05) is 13.2 Å². The fourth-order valence-electron chi connectivity index (χ4n) is 3.73. The molecule has 0 aromatic heterocycles. The van der Waals surface area contributed by atoms with E-state index < -0.39 is 23.6 Å². The molecule has 0 saturated heterocycles. The van der Waals surface area contributed by atoms with E-state index in [4.69, 9.17) is 10.5 Å². The first kappa shape index (κ1) is 23.6. The third kappa shape index (κ3) is 6.00. The molecule has 6 nitrogen and oxygen atoms in total. The summed E-state index contributed by atoms with van der Waals surface area (Å²) in [5, 5.41) is 9.26. The van der Waals surface area contributed by atoms with Crippen LogP contribution < -0.4 is 10.5 Å². The summed E-state index contributed by atoms with van der Waals surface area (Å²) in [6.07, 6.45) is -3.80. The summed E-state index contributed by atoms with van der Waals surface area (Å²) in [7, 11) is 0. The average Bonchev–Trinajstić information content (AvgIpc) is 2.84. The minimum Gasteiger partial charge on any atom is -0.494 e. The van der Waals surface area contributed by atoms with E-state index in [1.165, 1.54) is 17.0 Å². The summed E-state index contributed by atoms with van der Waals surface area (Å²) >= 11 is 0. The highest BCUT2D eigenvalue weighted by Gasteiger charge is 2.32. The summed E-state index contributed by atoms with van der Waals surface area (Å²) in [4.78, 5) is 25.9. The van der Waals surface area contributed by atoms with Crippen molar-refractivity contribution in [2.45, 2.75) is 38.5 Å². The van der Waals surface area contributed by atoms with E-state index in [0.717, 1.165) is 23.3 Å². The first-order valence-corrected chi connectivity index (χ1v) is 10.3. The van der Waals surface area contributed by atoms with Crippen LogP contribution in [0.1, 0.15) is 35.1 Å². The Morgan fingerprint density at radius 1 is 1.16 bits per heavy atom. The molecule has 9 heteroatoms. The van der Waals surface area contributed by atoms with Crippen molar-refractivity contribution in [3.05, 3.63) is 64.7 Å². The molecule has 0 spiro atoms. The molecule has 0 radical (unpaired) electrons. The van der Waals surface area contributed by atoms with Gasteiger partial charge in [-0.2, -0.15) is 13.2 Å². The lowest BCUT2D eigenvalue weighted by molar-refractivity contribution is -0.144. The SMILES string of the molecule is NCCCOc1ccc2c(c1)CN(Cc1ccc(C(F)(F)F)cc1)C(=O)[C@H](CC(=O)O)C2. The van der Waals surface area contributed by atoms with Gasteiger partial charge in [-0.15, -0.1) is 0 Å². The number of rotatable bonds is 8. The molecule has 32 heavy (non-hydrogen) atoms. The van der Waals surface area contributed by atoms with E-state index in [1.807, 2.05) is 12.1 Å². The van der Waals surface area contributed by atoms with Crippen LogP contribution in [0.15, 0.2) is 42.5 Å². The molecule has 1 atom stereocenters. The van der Waals surface area contributed by atoms with Crippen molar-refractivity contribution in [3.8, 4) is 5.75 Å². The highest BCUT2D eigenvalue weighted by Crippen LogP contribution is 2.31. The van der Waals surface area contributed by atoms with Crippen LogP contribution in [0.5, 0.6) is 5.75 Å². The Morgan fingerprint density at radius 3 is 2.50 bits per heavy atom. The van der Waals surface area contributed by atoms with Crippen LogP contribution in [-0.4, -0.2) is 35.0 Å². The van der Waals surface area contributed by atoms with Crippen LogP contribution in [-0.2, 0) is 35.3 Å². The third-order valence-corrected chi connectivity index (χ3v) is 5.36. The quantitative estimate of drug-likeness (QED) is 0.600. The molecule has 0 bridgehead atoms. The van der Waals surface area contributed by atoms with Gasteiger partial charge in [0.05, 0.1) is 24.5 Å². The van der Waals surface area contributed by atoms with Crippen LogP contribution in [0.25, 0.3) is 0 Å². The third-order valence-electron chi connectivity index (χ3n) is 5.36. The molecular formula is C23H25F3N2O4. The van der Waals surface area contributed by atoms with Gasteiger partial charge in [-0.1, -0.05) is 18.2 Å². The van der Waals surface area contributed by atoms with E-state index in [9.17, 15) is 27.9 Å². The zero-order valence-corrected chi connectivity index (χ0v) is 17.4. The first-order chi connectivity index (χ1) is 15.2. The first-order valence-electron chi connectivity index (χ1n) is 10.3. The van der Waals surface area contributed by atoms with Gasteiger partial charge in [-0.05, 0) is 60.3 Å². The van der Waals surface area contributed by atoms with Crippen LogP contribution >= 0.6 is 0 Å². The van der Waals surface area contributed by atoms with E-state index in [1.54, 1.807) is 6.07 Å². The number of ether oxygens (including phenoxy) is 1. The van der Waals surface area contributed by atoms with E-state index in [0.29, 0.717) is 30.9 Å². The Hall–Kier alpha value is -3.07. The highest BCUT2D eigenvalue weighted by molar-refractivity contribution is 5.84. The zero-order valence-electron chi connectivity index (χ0n) is 17.4. The summed E-state index contributed by atoms with van der Waals surface area (Å²) in [5.41, 5.74) is 6.92. The van der Waals surface area contributed by atoms with Gasteiger partial charge >= 0.3 is 12.1 Å². The predicted molar refractivity (Wildman–Crippen MR) is 111 cm³/mol. The number of hydrogen-bond acceptors (Lipinski definition) is 4. The molecule has 1 aliphatic rings. The van der Waals surface area contributed by atoms with E-state index in [-0.39, 0.29) is 31.8 Å². The molecule has 3 N–H and O–H groups in total. The second-order valence-electron chi connectivity index (χ2n) is 7.81. The number of benzene rings is 2. The maximum absolute atomic E-state index is 13.1. The fraction of sp³-hybridized carbons (Fsp3) is 0.391. The lowest BCUT2D eigenvalue weighted by Gasteiger charge is -2.24. The van der Waals surface area contributed by atoms with Gasteiger partial charge in [-0.25, -0.2) is 0 Å². The molecule has 0 aliphatic carbocycles. The summed E-state index contributed by atoms with van der Waals surface area (Å²) < 4.78 is 44.2. The number of carboxylic acid groups (broad SMARTS) is 1. The number of carbonyl (C=O) groups is 2. The normalized spacial score (nSPS) is 16.4. The number of fused-ring (bicyclic) bond motifs is 1. The Labute approximate surface area is 183 Å². The Balaban J connectivity index is 1.86. The van der Waals surface area contributed by atoms with Crippen molar-refractivity contribution >= 4 is 11.9 Å². The molecule has 0 saturated carbocycles. The number of hydrogen-bond donors (Lipinski definition) is 2. The van der Waals surface area contributed by atoms with Crippen molar-refractivity contribution in [3.63, 3.8) is 0 Å². The summed E-state index contributed by atoms with van der Waals surface area (Å²) in [5.74, 6) is -1.56. The van der Waals surface area contributed by atoms with Gasteiger partial charge in [0.2, 0.25) is 5.91 Å². The second kappa shape index (κ2) is 10.0. The monoisotopic (exact) mass is 450 g/mol. The molecule has 2 aromatic rings. The second-order valence-corrected chi connectivity index (χ2v) is 7.81. The van der Waals surface area contributed by atoms with Crippen molar-refractivity contribution < 1.29 is 32.6 Å². The highest BCUT2D eigenvalue weighted by atomic mass is 19.4. The Morgan fingerprint density at radius 2 is 1.88 bits per heavy atom. The van der Waals surface area contributed by atoms with Crippen molar-refractivity contribution in [1.82, 2.24) is 4.90 Å². The smallest absolute Gasteiger partial charge is 0.416 e. The lowest BCUT2D eigenvalue weighted by Crippen LogP contribution is -2.35. The summed E-state index contributed by atoms with van der Waals surface area (Å²) in [6, 6.07) is 10.1. The topological polar surface area (TPSA) is 92.9 Å². The predicted octanol–water partition coefficient (Wildman–Crippen LogP) is 3.61. The minimum absolute atomic E-state index is 0.0742. The van der Waals surface area contributed by atoms with Gasteiger partial charge in [0.1, 0.15) is 5.75 Å². The fourth-order valence-corrected chi connectivity index (χ4v) is 3.73. The largest absolute Gasteiger partial charge is 0.494 e. The molecule has 2 aromatic carbocycles. The molecule has 172 valence electrons. The summed E-state index contributed by atoms with van der Waals surface area (Å²) in [6.45, 7) is 1.23. The number of alkyl halides is 3. The number of nitrogens with two attached hydrogens (primary N) is 1. The molecule has 1 heterocycles. The van der Waals surface area contributed by atoms with Crippen LogP contribution in [0.2, 0.25) is 0 Å². The molecule has 3 rings (SSSR count). The number of aliphatic carboxylic acids is 1. The minimum atomic E-state index is -4.44. The van der Waals surface area contributed by atoms with Crippen LogP contribution in [0.3, 0.4) is 0 Å². The average molecular weight is 450 g/mol. The number of nitrogens with zero attached hydrogens (tertiary/aromatic N) is 1. The van der Waals surface area contributed by atoms with E-state index >= 15 is 0 Å². The maximum atomic E-state index is 13.1. The van der Waals surface area contributed by atoms with Crippen molar-refractivity contribution in [1.29, 1.82) is 0 Å². The van der Waals surface area contributed by atoms with Gasteiger partial charge < -0.3 is 20.5 Å². The number of carbonyl (C=O) groups excluding carboxylic acids is 1. The van der Waals surface area contributed by atoms with Gasteiger partial charge in [0.25, 0.3) is 0 Å². The lowest BCUT2D eigenvalue weighted by atomic mass is 9.94. The number of amides is 1. The van der Waals surface area contributed by atoms with Gasteiger partial charge in [-0.3, -0.25) is 9.59 Å². The Bertz CT molecular complexity index is 961. The molecule has 0 unspecified atom stereocenters. The Kier molecular flexibility index (Phi) is 7.40. The van der Waals surface area contributed by atoms with Gasteiger partial charge in [0, 0.05) is 13.1 Å². The number of halogens is 3. The van der Waals surface area contributed by atoms with Crippen molar-refractivity contribution in [2.24, 2.45) is 11.7 Å². The van der Waals surface area contributed by atoms with Gasteiger partial charge in [0.15, 0.2) is 0 Å². The molecular weight excluding hydrogens is 425 g/mol. The van der Waals surface area contributed by atoms with E-state index in [2.05, 4.69) is 0 Å². The standard InChI is InChI=1S/C23H25F3N2O4/c24-23(25,26)19-5-2-15(3-6-19)13-28-14-18-11-20(32-9-1-8-27)7-4-16(18)10-17(22(28)31)12-21(29)30/h2-7,11,17H,1,8-10,12-14,27H2,(H,29,30)/t17-/m0/s1.